The van der Waals surface area contributed by atoms with Crippen LogP contribution in [0.15, 0.2) is 18.2 Å². The van der Waals surface area contributed by atoms with Crippen LogP contribution in [-0.2, 0) is 6.42 Å². The second kappa shape index (κ2) is 6.10. The van der Waals surface area contributed by atoms with E-state index in [1.165, 1.54) is 42.4 Å². The molecule has 0 bridgehead atoms. The molecule has 1 unspecified atom stereocenters. The van der Waals surface area contributed by atoms with E-state index in [-0.39, 0.29) is 0 Å². The highest BCUT2D eigenvalue weighted by Gasteiger charge is 2.25. The minimum atomic E-state index is 0.318. The Morgan fingerprint density at radius 1 is 1.17 bits per heavy atom. The van der Waals surface area contributed by atoms with Gasteiger partial charge in [-0.3, -0.25) is 0 Å². The molecule has 0 aromatic heterocycles. The summed E-state index contributed by atoms with van der Waals surface area (Å²) in [7, 11) is 0. The van der Waals surface area contributed by atoms with Crippen molar-refractivity contribution in [2.45, 2.75) is 58.3 Å². The number of halogens is 1. The molecule has 0 nitrogen and oxygen atoms in total. The van der Waals surface area contributed by atoms with Crippen molar-refractivity contribution < 1.29 is 0 Å². The molecule has 1 aromatic carbocycles. The zero-order chi connectivity index (χ0) is 13.1. The summed E-state index contributed by atoms with van der Waals surface area (Å²) in [5.41, 5.74) is 4.17. The van der Waals surface area contributed by atoms with Gasteiger partial charge in [-0.2, -0.15) is 0 Å². The molecule has 100 valence electrons. The monoisotopic (exact) mass is 264 g/mol. The van der Waals surface area contributed by atoms with Crippen LogP contribution in [0.2, 0.25) is 0 Å². The van der Waals surface area contributed by atoms with E-state index in [9.17, 15) is 0 Å². The molecule has 0 radical (unpaired) electrons. The molecule has 0 saturated heterocycles. The second-order valence-corrected chi connectivity index (χ2v) is 6.73. The molecule has 1 aliphatic rings. The molecule has 1 fully saturated rings. The van der Waals surface area contributed by atoms with Gasteiger partial charge in [0.05, 0.1) is 0 Å². The molecular formula is C17H25Cl. The third-order valence-electron chi connectivity index (χ3n) is 4.49. The van der Waals surface area contributed by atoms with Gasteiger partial charge in [0.2, 0.25) is 0 Å². The third-order valence-corrected chi connectivity index (χ3v) is 5.00. The summed E-state index contributed by atoms with van der Waals surface area (Å²) in [4.78, 5) is 0. The largest absolute Gasteiger partial charge is 0.122 e. The average Bonchev–Trinajstić information content (AvgIpc) is 2.34. The van der Waals surface area contributed by atoms with Crippen LogP contribution >= 0.6 is 11.6 Å². The molecule has 0 heterocycles. The standard InChI is InChI=1S/C17H25Cl/c1-12-5-8-15(9-6-12)17(18)11-16-10-13(2)4-7-14(16)3/h4,7,10,12,15,17H,5-6,8-9,11H2,1-3H3. The van der Waals surface area contributed by atoms with Crippen LogP contribution in [0.3, 0.4) is 0 Å². The van der Waals surface area contributed by atoms with Gasteiger partial charge in [0.1, 0.15) is 0 Å². The zero-order valence-electron chi connectivity index (χ0n) is 11.9. The van der Waals surface area contributed by atoms with Crippen molar-refractivity contribution in [2.24, 2.45) is 11.8 Å². The Labute approximate surface area is 117 Å². The quantitative estimate of drug-likeness (QED) is 0.652. The summed E-state index contributed by atoms with van der Waals surface area (Å²) in [6, 6.07) is 6.71. The first-order valence-corrected chi connectivity index (χ1v) is 7.70. The highest BCUT2D eigenvalue weighted by Crippen LogP contribution is 2.34. The maximum Gasteiger partial charge on any atom is 0.0404 e. The number of benzene rings is 1. The van der Waals surface area contributed by atoms with Crippen LogP contribution in [0.25, 0.3) is 0 Å². The van der Waals surface area contributed by atoms with E-state index in [1.54, 1.807) is 0 Å². The Balaban J connectivity index is 1.98. The fraction of sp³-hybridized carbons (Fsp3) is 0.647. The second-order valence-electron chi connectivity index (χ2n) is 6.17. The lowest BCUT2D eigenvalue weighted by Gasteiger charge is -2.29. The molecule has 2 rings (SSSR count). The van der Waals surface area contributed by atoms with E-state index in [4.69, 9.17) is 11.6 Å². The molecule has 1 saturated carbocycles. The van der Waals surface area contributed by atoms with Gasteiger partial charge in [0, 0.05) is 5.38 Å². The molecule has 1 heteroatoms. The summed E-state index contributed by atoms with van der Waals surface area (Å²) >= 11 is 6.67. The maximum atomic E-state index is 6.67. The number of rotatable bonds is 3. The van der Waals surface area contributed by atoms with Gasteiger partial charge >= 0.3 is 0 Å². The predicted octanol–water partition coefficient (Wildman–Crippen LogP) is 5.28. The molecule has 0 spiro atoms. The Morgan fingerprint density at radius 3 is 2.50 bits per heavy atom. The van der Waals surface area contributed by atoms with Gasteiger partial charge in [-0.25, -0.2) is 0 Å². The van der Waals surface area contributed by atoms with Crippen molar-refractivity contribution in [2.75, 3.05) is 0 Å². The first-order chi connectivity index (χ1) is 8.56. The Morgan fingerprint density at radius 2 is 1.83 bits per heavy atom. The minimum absolute atomic E-state index is 0.318. The number of hydrogen-bond acceptors (Lipinski definition) is 0. The molecule has 1 aliphatic carbocycles. The number of alkyl halides is 1. The van der Waals surface area contributed by atoms with E-state index in [1.807, 2.05) is 0 Å². The smallest absolute Gasteiger partial charge is 0.0404 e. The topological polar surface area (TPSA) is 0 Å². The van der Waals surface area contributed by atoms with E-state index < -0.39 is 0 Å². The average molecular weight is 265 g/mol. The van der Waals surface area contributed by atoms with Crippen LogP contribution in [-0.4, -0.2) is 5.38 Å². The number of hydrogen-bond donors (Lipinski definition) is 0. The summed E-state index contributed by atoms with van der Waals surface area (Å²) in [5, 5.41) is 0.318. The van der Waals surface area contributed by atoms with Gasteiger partial charge in [-0.05, 0) is 56.1 Å². The van der Waals surface area contributed by atoms with Crippen LogP contribution < -0.4 is 0 Å². The maximum absolute atomic E-state index is 6.67. The van der Waals surface area contributed by atoms with Crippen molar-refractivity contribution in [3.8, 4) is 0 Å². The molecule has 0 aliphatic heterocycles. The molecule has 18 heavy (non-hydrogen) atoms. The third kappa shape index (κ3) is 3.51. The van der Waals surface area contributed by atoms with Gasteiger partial charge in [-0.1, -0.05) is 43.5 Å². The summed E-state index contributed by atoms with van der Waals surface area (Å²) in [6.07, 6.45) is 6.40. The Hall–Kier alpha value is -0.490. The Bertz CT molecular complexity index is 389. The van der Waals surface area contributed by atoms with Gasteiger partial charge in [-0.15, -0.1) is 11.6 Å². The predicted molar refractivity (Wildman–Crippen MR) is 80.4 cm³/mol. The lowest BCUT2D eigenvalue weighted by molar-refractivity contribution is 0.281. The van der Waals surface area contributed by atoms with E-state index in [0.29, 0.717) is 5.38 Å². The SMILES string of the molecule is Cc1ccc(C)c(CC(Cl)C2CCC(C)CC2)c1. The van der Waals surface area contributed by atoms with Crippen molar-refractivity contribution in [1.29, 1.82) is 0 Å². The first-order valence-electron chi connectivity index (χ1n) is 7.26. The summed E-state index contributed by atoms with van der Waals surface area (Å²) in [6.45, 7) is 6.72. The molecule has 0 amide bonds. The number of aryl methyl sites for hydroxylation is 2. The van der Waals surface area contributed by atoms with Crippen molar-refractivity contribution in [3.63, 3.8) is 0 Å². The van der Waals surface area contributed by atoms with Crippen molar-refractivity contribution in [1.82, 2.24) is 0 Å². The Kier molecular flexibility index (Phi) is 4.72. The van der Waals surface area contributed by atoms with E-state index >= 15 is 0 Å². The normalized spacial score (nSPS) is 26.0. The highest BCUT2D eigenvalue weighted by atomic mass is 35.5. The van der Waals surface area contributed by atoms with Gasteiger partial charge in [0.15, 0.2) is 0 Å². The zero-order valence-corrected chi connectivity index (χ0v) is 12.6. The van der Waals surface area contributed by atoms with Crippen LogP contribution in [0.1, 0.15) is 49.3 Å². The van der Waals surface area contributed by atoms with E-state index in [0.717, 1.165) is 18.3 Å². The van der Waals surface area contributed by atoms with Crippen LogP contribution in [0.5, 0.6) is 0 Å². The summed E-state index contributed by atoms with van der Waals surface area (Å²) in [5.74, 6) is 1.63. The fourth-order valence-corrected chi connectivity index (χ4v) is 3.46. The van der Waals surface area contributed by atoms with Gasteiger partial charge in [0.25, 0.3) is 0 Å². The molecular weight excluding hydrogens is 240 g/mol. The molecule has 1 aromatic rings. The van der Waals surface area contributed by atoms with Crippen molar-refractivity contribution >= 4 is 11.6 Å². The van der Waals surface area contributed by atoms with Gasteiger partial charge < -0.3 is 0 Å². The fourth-order valence-electron chi connectivity index (χ4n) is 3.04. The van der Waals surface area contributed by atoms with E-state index in [2.05, 4.69) is 39.0 Å². The van der Waals surface area contributed by atoms with Crippen LogP contribution in [0, 0.1) is 25.7 Å². The van der Waals surface area contributed by atoms with Crippen LogP contribution in [0.4, 0.5) is 0 Å². The molecule has 0 N–H and O–H groups in total. The molecule has 1 atom stereocenters. The highest BCUT2D eigenvalue weighted by molar-refractivity contribution is 6.20. The summed E-state index contributed by atoms with van der Waals surface area (Å²) < 4.78 is 0. The lowest BCUT2D eigenvalue weighted by Crippen LogP contribution is -2.23. The van der Waals surface area contributed by atoms with Crippen molar-refractivity contribution in [3.05, 3.63) is 34.9 Å². The first kappa shape index (κ1) is 13.9. The minimum Gasteiger partial charge on any atom is -0.122 e. The lowest BCUT2D eigenvalue weighted by atomic mass is 9.80.